The van der Waals surface area contributed by atoms with Crippen LogP contribution >= 0.6 is 0 Å². The maximum atomic E-state index is 14.3. The van der Waals surface area contributed by atoms with Gasteiger partial charge in [-0.1, -0.05) is 6.07 Å². The molecule has 0 amide bonds. The standard InChI is InChI=1S/C23H20FN5O3/c1-23(2,31)10-32-16-8-13-17(11-5-6-15(24)20-14(11)9-27-29-20)18(25)22(30)28-19(13)12-4-3-7-26-21(12)16/h3-9,31H,10,25H2,1-2H3,(H,27,29)(H,28,30). The quantitative estimate of drug-likeness (QED) is 0.321. The number of fused-ring (bicyclic) bond motifs is 4. The zero-order valence-electron chi connectivity index (χ0n) is 17.4. The third-order valence-corrected chi connectivity index (χ3v) is 5.29. The van der Waals surface area contributed by atoms with E-state index in [9.17, 15) is 14.3 Å². The van der Waals surface area contributed by atoms with Crippen LogP contribution in [0.1, 0.15) is 13.8 Å². The lowest BCUT2D eigenvalue weighted by Crippen LogP contribution is -2.28. The number of H-pyrrole nitrogens is 2. The van der Waals surface area contributed by atoms with Gasteiger partial charge in [-0.25, -0.2) is 4.39 Å². The van der Waals surface area contributed by atoms with Crippen molar-refractivity contribution in [3.63, 3.8) is 0 Å². The van der Waals surface area contributed by atoms with Crippen LogP contribution in [0.5, 0.6) is 5.75 Å². The van der Waals surface area contributed by atoms with Gasteiger partial charge in [0, 0.05) is 27.9 Å². The molecule has 32 heavy (non-hydrogen) atoms. The molecule has 5 rings (SSSR count). The van der Waals surface area contributed by atoms with E-state index < -0.39 is 17.0 Å². The summed E-state index contributed by atoms with van der Waals surface area (Å²) in [5, 5.41) is 18.5. The average Bonchev–Trinajstić information content (AvgIpc) is 3.25. The summed E-state index contributed by atoms with van der Waals surface area (Å²) in [6.45, 7) is 3.30. The van der Waals surface area contributed by atoms with Crippen LogP contribution in [0, 0.1) is 5.82 Å². The van der Waals surface area contributed by atoms with Gasteiger partial charge in [0.1, 0.15) is 34.9 Å². The first-order valence-electron chi connectivity index (χ1n) is 9.95. The molecule has 0 radical (unpaired) electrons. The molecule has 2 aromatic carbocycles. The average molecular weight is 433 g/mol. The lowest BCUT2D eigenvalue weighted by atomic mass is 9.95. The highest BCUT2D eigenvalue weighted by atomic mass is 19.1. The van der Waals surface area contributed by atoms with Gasteiger partial charge in [0.05, 0.1) is 17.3 Å². The van der Waals surface area contributed by atoms with E-state index in [2.05, 4.69) is 20.2 Å². The van der Waals surface area contributed by atoms with Crippen LogP contribution < -0.4 is 16.0 Å². The minimum atomic E-state index is -1.07. The Morgan fingerprint density at radius 2 is 2.00 bits per heavy atom. The number of anilines is 1. The van der Waals surface area contributed by atoms with Crippen LogP contribution in [0.4, 0.5) is 10.1 Å². The molecule has 0 aliphatic rings. The van der Waals surface area contributed by atoms with E-state index in [-0.39, 0.29) is 17.8 Å². The van der Waals surface area contributed by atoms with E-state index in [1.54, 1.807) is 38.2 Å². The minimum Gasteiger partial charge on any atom is -0.488 e. The molecule has 0 atom stereocenters. The number of nitrogens with zero attached hydrogens (tertiary/aromatic N) is 2. The topological polar surface area (TPSA) is 130 Å². The number of nitrogens with two attached hydrogens (primary N) is 1. The molecule has 0 fully saturated rings. The molecular weight excluding hydrogens is 413 g/mol. The molecule has 162 valence electrons. The second kappa shape index (κ2) is 7.03. The van der Waals surface area contributed by atoms with Crippen molar-refractivity contribution >= 4 is 38.4 Å². The summed E-state index contributed by atoms with van der Waals surface area (Å²) < 4.78 is 20.2. The summed E-state index contributed by atoms with van der Waals surface area (Å²) in [5.41, 5.74) is 6.98. The SMILES string of the molecule is CC(C)(O)COc1cc2c(-c3ccc(F)c4[nH]ncc34)c(N)c(=O)[nH]c2c2cccnc12. The van der Waals surface area contributed by atoms with Crippen molar-refractivity contribution in [2.45, 2.75) is 19.4 Å². The molecule has 0 bridgehead atoms. The summed E-state index contributed by atoms with van der Waals surface area (Å²) in [4.78, 5) is 20.0. The Balaban J connectivity index is 1.90. The number of halogens is 1. The molecule has 5 aromatic rings. The van der Waals surface area contributed by atoms with E-state index in [4.69, 9.17) is 10.5 Å². The zero-order valence-corrected chi connectivity index (χ0v) is 17.4. The largest absolute Gasteiger partial charge is 0.488 e. The number of benzene rings is 2. The number of nitrogen functional groups attached to an aromatic ring is 1. The van der Waals surface area contributed by atoms with Crippen LogP contribution in [0.15, 0.2) is 47.5 Å². The Bertz CT molecular complexity index is 1570. The molecule has 0 aliphatic carbocycles. The highest BCUT2D eigenvalue weighted by molar-refractivity contribution is 6.15. The number of nitrogens with one attached hydrogen (secondary N) is 2. The van der Waals surface area contributed by atoms with E-state index in [1.807, 2.05) is 6.07 Å². The fourth-order valence-corrected chi connectivity index (χ4v) is 3.87. The first kappa shape index (κ1) is 20.0. The molecule has 0 aliphatic heterocycles. The van der Waals surface area contributed by atoms with Crippen LogP contribution in [-0.2, 0) is 0 Å². The predicted molar refractivity (Wildman–Crippen MR) is 121 cm³/mol. The van der Waals surface area contributed by atoms with Crippen LogP contribution in [0.2, 0.25) is 0 Å². The van der Waals surface area contributed by atoms with Crippen molar-refractivity contribution in [2.24, 2.45) is 0 Å². The fraction of sp³-hybridized carbons (Fsp3) is 0.174. The maximum absolute atomic E-state index is 14.3. The maximum Gasteiger partial charge on any atom is 0.272 e. The lowest BCUT2D eigenvalue weighted by Gasteiger charge is -2.20. The number of aromatic amines is 2. The van der Waals surface area contributed by atoms with E-state index in [0.717, 1.165) is 0 Å². The van der Waals surface area contributed by atoms with Gasteiger partial charge in [0.25, 0.3) is 5.56 Å². The number of ether oxygens (including phenoxy) is 1. The molecule has 8 nitrogen and oxygen atoms in total. The molecular formula is C23H20FN5O3. The third kappa shape index (κ3) is 3.14. The van der Waals surface area contributed by atoms with Crippen LogP contribution in [0.3, 0.4) is 0 Å². The minimum absolute atomic E-state index is 0.0108. The van der Waals surface area contributed by atoms with Gasteiger partial charge in [0.15, 0.2) is 0 Å². The van der Waals surface area contributed by atoms with Crippen molar-refractivity contribution in [2.75, 3.05) is 12.3 Å². The normalized spacial score (nSPS) is 12.1. The number of rotatable bonds is 4. The second-order valence-corrected chi connectivity index (χ2v) is 8.29. The van der Waals surface area contributed by atoms with Gasteiger partial charge in [-0.2, -0.15) is 5.10 Å². The van der Waals surface area contributed by atoms with Crippen LogP contribution in [-0.4, -0.2) is 37.5 Å². The Labute approximate surface area is 180 Å². The summed E-state index contributed by atoms with van der Waals surface area (Å²) in [6.07, 6.45) is 3.12. The highest BCUT2D eigenvalue weighted by Crippen LogP contribution is 2.40. The summed E-state index contributed by atoms with van der Waals surface area (Å²) >= 11 is 0. The third-order valence-electron chi connectivity index (χ3n) is 5.29. The Morgan fingerprint density at radius 1 is 1.19 bits per heavy atom. The molecule has 9 heteroatoms. The first-order valence-corrected chi connectivity index (χ1v) is 9.95. The smallest absolute Gasteiger partial charge is 0.272 e. The van der Waals surface area contributed by atoms with Gasteiger partial charge in [-0.05, 0) is 43.7 Å². The van der Waals surface area contributed by atoms with Crippen molar-refractivity contribution in [1.82, 2.24) is 20.2 Å². The number of hydrogen-bond donors (Lipinski definition) is 4. The van der Waals surface area contributed by atoms with Crippen molar-refractivity contribution < 1.29 is 14.2 Å². The zero-order chi connectivity index (χ0) is 22.6. The number of pyridine rings is 2. The number of aromatic nitrogens is 4. The number of hydrogen-bond acceptors (Lipinski definition) is 6. The Hall–Kier alpha value is -3.98. The van der Waals surface area contributed by atoms with Crippen molar-refractivity contribution in [3.8, 4) is 16.9 Å². The monoisotopic (exact) mass is 433 g/mol. The van der Waals surface area contributed by atoms with Gasteiger partial charge in [-0.15, -0.1) is 0 Å². The van der Waals surface area contributed by atoms with Gasteiger partial charge in [-0.3, -0.25) is 14.9 Å². The molecule has 0 spiro atoms. The van der Waals surface area contributed by atoms with Crippen molar-refractivity contribution in [1.29, 1.82) is 0 Å². The molecule has 0 saturated carbocycles. The van der Waals surface area contributed by atoms with Gasteiger partial charge >= 0.3 is 0 Å². The highest BCUT2D eigenvalue weighted by Gasteiger charge is 2.21. The Morgan fingerprint density at radius 3 is 2.78 bits per heavy atom. The summed E-state index contributed by atoms with van der Waals surface area (Å²) in [7, 11) is 0. The number of aliphatic hydroxyl groups is 1. The molecule has 3 aromatic heterocycles. The van der Waals surface area contributed by atoms with Gasteiger partial charge < -0.3 is 20.6 Å². The molecule has 3 heterocycles. The van der Waals surface area contributed by atoms with E-state index in [1.165, 1.54) is 12.3 Å². The second-order valence-electron chi connectivity index (χ2n) is 8.29. The van der Waals surface area contributed by atoms with E-state index >= 15 is 0 Å². The summed E-state index contributed by atoms with van der Waals surface area (Å²) in [5.74, 6) is -0.0358. The Kier molecular flexibility index (Phi) is 4.38. The fourth-order valence-electron chi connectivity index (χ4n) is 3.87. The predicted octanol–water partition coefficient (Wildman–Crippen LogP) is 3.49. The first-order chi connectivity index (χ1) is 15.2. The lowest BCUT2D eigenvalue weighted by molar-refractivity contribution is 0.0290. The summed E-state index contributed by atoms with van der Waals surface area (Å²) in [6, 6.07) is 8.17. The van der Waals surface area contributed by atoms with Crippen molar-refractivity contribution in [3.05, 3.63) is 58.9 Å². The molecule has 5 N–H and O–H groups in total. The van der Waals surface area contributed by atoms with Gasteiger partial charge in [0.2, 0.25) is 0 Å². The molecule has 0 unspecified atom stereocenters. The molecule has 0 saturated heterocycles. The van der Waals surface area contributed by atoms with Crippen LogP contribution in [0.25, 0.3) is 43.8 Å². The van der Waals surface area contributed by atoms with E-state index in [0.29, 0.717) is 44.1 Å².